The van der Waals surface area contributed by atoms with E-state index in [2.05, 4.69) is 191 Å². The molecule has 6 aromatic carbocycles. The molecule has 5 heteroatoms. The number of hydrogen-bond donors (Lipinski definition) is 0. The molecule has 3 heterocycles. The molecule has 9 rings (SSSR count). The largest absolute Gasteiger partial charge is 0.416 e. The highest BCUT2D eigenvalue weighted by molar-refractivity contribution is 6.09. The van der Waals surface area contributed by atoms with Gasteiger partial charge in [-0.05, 0) is 95.8 Å². The van der Waals surface area contributed by atoms with Crippen molar-refractivity contribution in [1.29, 1.82) is 0 Å². The number of aryl methyl sites for hydroxylation is 2. The van der Waals surface area contributed by atoms with Crippen LogP contribution in [0, 0.1) is 0 Å². The van der Waals surface area contributed by atoms with Gasteiger partial charge in [-0.15, -0.1) is 10.2 Å². The molecule has 9 aromatic rings. The Hall–Kier alpha value is -6.46. The van der Waals surface area contributed by atoms with Gasteiger partial charge >= 0.3 is 0 Å². The van der Waals surface area contributed by atoms with Crippen LogP contribution in [0.5, 0.6) is 0 Å². The molecule has 414 valence electrons. The van der Waals surface area contributed by atoms with Crippen LogP contribution in [-0.4, -0.2) is 19.3 Å². The molecule has 0 saturated carbocycles. The molecule has 0 aliphatic heterocycles. The third kappa shape index (κ3) is 16.6. The van der Waals surface area contributed by atoms with Crippen molar-refractivity contribution in [2.75, 3.05) is 0 Å². The SMILES string of the molecule is CCCCCCCCCCCCCCCCn1c2ccccc2c2cc(/C=C/c3ccc(-c4nnc(-c5ccc(/C=C/c6ccc7c(c6)c6ccccc6n7CCCCCCCCCCCCCCCC)cc5)o4)cc3)ccc21. The highest BCUT2D eigenvalue weighted by atomic mass is 16.4. The maximum Gasteiger partial charge on any atom is 0.248 e. The van der Waals surface area contributed by atoms with Gasteiger partial charge in [-0.1, -0.05) is 278 Å². The fourth-order valence-corrected chi connectivity index (χ4v) is 12.1. The molecule has 0 atom stereocenters. The standard InChI is InChI=1S/C74H92N4O/c1-3-5-7-9-11-13-15-17-19-21-23-25-27-33-55-77-69-37-31-29-35-65(69)67-57-61(47-53-71(67)77)41-39-59-43-49-63(50-44-59)73-75-76-74(79-73)64-51-45-60(46-52-64)40-42-62-48-54-72-68(58-62)66-36-30-32-38-70(66)78(72)56-34-28-26-24-22-20-18-16-14-12-10-8-6-4-2/h29-32,35-54,57-58H,3-28,33-34,55-56H2,1-2H3/b41-39+,42-40+. The van der Waals surface area contributed by atoms with Crippen LogP contribution in [0.3, 0.4) is 0 Å². The first kappa shape index (κ1) is 57.2. The fourth-order valence-electron chi connectivity index (χ4n) is 12.1. The van der Waals surface area contributed by atoms with Crippen molar-refractivity contribution < 1.29 is 4.42 Å². The average Bonchev–Trinajstić information content (AvgIpc) is 4.26. The number of para-hydroxylation sites is 2. The van der Waals surface area contributed by atoms with Gasteiger partial charge in [0.25, 0.3) is 0 Å². The fraction of sp³-hybridized carbons (Fsp3) is 0.432. The normalized spacial score (nSPS) is 12.1. The van der Waals surface area contributed by atoms with Gasteiger partial charge < -0.3 is 13.6 Å². The molecule has 0 unspecified atom stereocenters. The van der Waals surface area contributed by atoms with E-state index in [1.165, 1.54) is 235 Å². The molecule has 0 aliphatic carbocycles. The van der Waals surface area contributed by atoms with Gasteiger partial charge in [0.05, 0.1) is 0 Å². The predicted molar refractivity (Wildman–Crippen MR) is 343 cm³/mol. The van der Waals surface area contributed by atoms with Crippen molar-refractivity contribution in [3.63, 3.8) is 0 Å². The first-order valence-corrected chi connectivity index (χ1v) is 31.6. The summed E-state index contributed by atoms with van der Waals surface area (Å²) in [5, 5.41) is 14.2. The maximum atomic E-state index is 6.23. The van der Waals surface area contributed by atoms with Crippen molar-refractivity contribution in [2.45, 2.75) is 207 Å². The van der Waals surface area contributed by atoms with E-state index < -0.39 is 0 Å². The zero-order valence-electron chi connectivity index (χ0n) is 48.4. The maximum absolute atomic E-state index is 6.23. The molecular formula is C74H92N4O. The number of nitrogens with zero attached hydrogens (tertiary/aromatic N) is 4. The van der Waals surface area contributed by atoms with E-state index in [9.17, 15) is 0 Å². The van der Waals surface area contributed by atoms with Gasteiger partial charge in [-0.2, -0.15) is 0 Å². The summed E-state index contributed by atoms with van der Waals surface area (Å²) in [6.45, 7) is 6.74. The molecule has 0 saturated heterocycles. The number of aromatic nitrogens is 4. The monoisotopic (exact) mass is 1050 g/mol. The van der Waals surface area contributed by atoms with Crippen LogP contribution < -0.4 is 0 Å². The van der Waals surface area contributed by atoms with Crippen molar-refractivity contribution >= 4 is 67.9 Å². The number of fused-ring (bicyclic) bond motifs is 6. The van der Waals surface area contributed by atoms with E-state index in [4.69, 9.17) is 4.42 Å². The second-order valence-electron chi connectivity index (χ2n) is 22.9. The number of unbranched alkanes of at least 4 members (excludes halogenated alkanes) is 26. The third-order valence-corrected chi connectivity index (χ3v) is 16.7. The van der Waals surface area contributed by atoms with Gasteiger partial charge in [-0.3, -0.25) is 0 Å². The van der Waals surface area contributed by atoms with Crippen LogP contribution in [0.2, 0.25) is 0 Å². The topological polar surface area (TPSA) is 48.8 Å². The average molecular weight is 1050 g/mol. The highest BCUT2D eigenvalue weighted by Crippen LogP contribution is 2.33. The second-order valence-corrected chi connectivity index (χ2v) is 22.9. The summed E-state index contributed by atoms with van der Waals surface area (Å²) >= 11 is 0. The zero-order chi connectivity index (χ0) is 54.1. The number of rotatable bonds is 36. The Bertz CT molecular complexity index is 3050. The van der Waals surface area contributed by atoms with Gasteiger partial charge in [0.2, 0.25) is 11.8 Å². The van der Waals surface area contributed by atoms with E-state index in [-0.39, 0.29) is 0 Å². The Morgan fingerprint density at radius 1 is 0.304 bits per heavy atom. The van der Waals surface area contributed by atoms with Gasteiger partial charge in [0.1, 0.15) is 0 Å². The Labute approximate surface area is 474 Å². The van der Waals surface area contributed by atoms with Gasteiger partial charge in [0.15, 0.2) is 0 Å². The van der Waals surface area contributed by atoms with E-state index >= 15 is 0 Å². The molecule has 5 nitrogen and oxygen atoms in total. The molecule has 0 spiro atoms. The summed E-state index contributed by atoms with van der Waals surface area (Å²) in [5.41, 5.74) is 11.8. The summed E-state index contributed by atoms with van der Waals surface area (Å²) in [4.78, 5) is 0. The molecular weight excluding hydrogens is 961 g/mol. The summed E-state index contributed by atoms with van der Waals surface area (Å²) in [6.07, 6.45) is 47.6. The quantitative estimate of drug-likeness (QED) is 0.0290. The van der Waals surface area contributed by atoms with Crippen LogP contribution >= 0.6 is 0 Å². The molecule has 0 bridgehead atoms. The van der Waals surface area contributed by atoms with Gasteiger partial charge in [-0.25, -0.2) is 0 Å². The van der Waals surface area contributed by atoms with Crippen LogP contribution in [-0.2, 0) is 13.1 Å². The molecule has 0 N–H and O–H groups in total. The summed E-state index contributed by atoms with van der Waals surface area (Å²) in [5.74, 6) is 1.03. The molecule has 0 fully saturated rings. The minimum atomic E-state index is 0.516. The van der Waals surface area contributed by atoms with Crippen LogP contribution in [0.1, 0.15) is 216 Å². The smallest absolute Gasteiger partial charge is 0.248 e. The van der Waals surface area contributed by atoms with Crippen LogP contribution in [0.15, 0.2) is 138 Å². The number of hydrogen-bond acceptors (Lipinski definition) is 3. The summed E-state index contributed by atoms with van der Waals surface area (Å²) < 4.78 is 11.3. The molecule has 0 amide bonds. The first-order chi connectivity index (χ1) is 39.2. The van der Waals surface area contributed by atoms with Crippen molar-refractivity contribution in [2.24, 2.45) is 0 Å². The Morgan fingerprint density at radius 3 is 0.949 bits per heavy atom. The van der Waals surface area contributed by atoms with E-state index in [1.807, 2.05) is 0 Å². The highest BCUT2D eigenvalue weighted by Gasteiger charge is 2.14. The summed E-state index contributed by atoms with van der Waals surface area (Å²) in [7, 11) is 0. The lowest BCUT2D eigenvalue weighted by atomic mass is 10.0. The Kier molecular flexibility index (Phi) is 22.7. The molecule has 3 aromatic heterocycles. The zero-order valence-corrected chi connectivity index (χ0v) is 48.4. The second kappa shape index (κ2) is 31.4. The van der Waals surface area contributed by atoms with Gasteiger partial charge in [0, 0.05) is 67.8 Å². The van der Waals surface area contributed by atoms with Crippen molar-refractivity contribution in [3.8, 4) is 22.9 Å². The Balaban J connectivity index is 0.727. The van der Waals surface area contributed by atoms with Crippen molar-refractivity contribution in [1.82, 2.24) is 19.3 Å². The first-order valence-electron chi connectivity index (χ1n) is 31.6. The lowest BCUT2D eigenvalue weighted by molar-refractivity contribution is 0.528. The molecule has 0 radical (unpaired) electrons. The van der Waals surface area contributed by atoms with Crippen molar-refractivity contribution in [3.05, 3.63) is 156 Å². The van der Waals surface area contributed by atoms with E-state index in [0.717, 1.165) is 35.3 Å². The minimum absolute atomic E-state index is 0.516. The third-order valence-electron chi connectivity index (χ3n) is 16.7. The lowest BCUT2D eigenvalue weighted by Crippen LogP contribution is -1.97. The van der Waals surface area contributed by atoms with E-state index in [0.29, 0.717) is 11.8 Å². The lowest BCUT2D eigenvalue weighted by Gasteiger charge is -2.08. The van der Waals surface area contributed by atoms with Crippen LogP contribution in [0.25, 0.3) is 90.8 Å². The number of benzene rings is 6. The summed E-state index contributed by atoms with van der Waals surface area (Å²) in [6, 6.07) is 48.5. The van der Waals surface area contributed by atoms with Crippen LogP contribution in [0.4, 0.5) is 0 Å². The molecule has 79 heavy (non-hydrogen) atoms. The predicted octanol–water partition coefficient (Wildman–Crippen LogP) is 22.9. The minimum Gasteiger partial charge on any atom is -0.416 e. The molecule has 0 aliphatic rings. The van der Waals surface area contributed by atoms with E-state index in [1.54, 1.807) is 0 Å². The Morgan fingerprint density at radius 2 is 0.595 bits per heavy atom.